The number of aryl methyl sites for hydroxylation is 1. The normalized spacial score (nSPS) is 11.6. The Morgan fingerprint density at radius 2 is 1.93 bits per heavy atom. The first-order chi connectivity index (χ1) is 13.8. The number of aromatic nitrogens is 3. The van der Waals surface area contributed by atoms with Gasteiger partial charge in [0, 0.05) is 22.9 Å². The molecule has 0 bridgehead atoms. The highest BCUT2D eigenvalue weighted by molar-refractivity contribution is 7.98. The average molecular weight is 452 g/mol. The van der Waals surface area contributed by atoms with Gasteiger partial charge < -0.3 is 4.57 Å². The van der Waals surface area contributed by atoms with E-state index in [-0.39, 0.29) is 16.4 Å². The molecular weight excluding hydrogens is 433 g/mol. The third-order valence-corrected chi connectivity index (χ3v) is 7.19. The maximum Gasteiger partial charge on any atom is 0.191 e. The van der Waals surface area contributed by atoms with Crippen LogP contribution in [0.2, 0.25) is 5.02 Å². The summed E-state index contributed by atoms with van der Waals surface area (Å²) in [6.07, 6.45) is 1.63. The number of thioether (sulfide) groups is 1. The van der Waals surface area contributed by atoms with Gasteiger partial charge in [0.15, 0.2) is 15.0 Å². The first-order valence-corrected chi connectivity index (χ1v) is 11.7. The lowest BCUT2D eigenvalue weighted by Gasteiger charge is -2.09. The maximum atomic E-state index is 14.0. The van der Waals surface area contributed by atoms with Crippen molar-refractivity contribution in [3.63, 3.8) is 0 Å². The Hall–Kier alpha value is -2.16. The Balaban J connectivity index is 1.85. The summed E-state index contributed by atoms with van der Waals surface area (Å²) in [6.45, 7) is 5.94. The number of allylic oxidation sites excluding steroid dienone is 1. The van der Waals surface area contributed by atoms with E-state index in [9.17, 15) is 12.8 Å². The fraction of sp³-hybridized carbons (Fsp3) is 0.200. The second-order valence-corrected chi connectivity index (χ2v) is 9.70. The van der Waals surface area contributed by atoms with Crippen molar-refractivity contribution in [1.29, 1.82) is 0 Å². The zero-order valence-electron chi connectivity index (χ0n) is 15.7. The molecule has 1 heterocycles. The van der Waals surface area contributed by atoms with Gasteiger partial charge in [0.1, 0.15) is 17.4 Å². The summed E-state index contributed by atoms with van der Waals surface area (Å²) in [5.74, 6) is -0.154. The summed E-state index contributed by atoms with van der Waals surface area (Å²) < 4.78 is 41.2. The van der Waals surface area contributed by atoms with Crippen LogP contribution in [0.4, 0.5) is 4.39 Å². The van der Waals surface area contributed by atoms with Crippen LogP contribution in [-0.4, -0.2) is 23.2 Å². The fourth-order valence-corrected chi connectivity index (χ4v) is 5.23. The number of rotatable bonds is 8. The van der Waals surface area contributed by atoms with Gasteiger partial charge in [-0.2, -0.15) is 0 Å². The number of sulfone groups is 1. The lowest BCUT2D eigenvalue weighted by molar-refractivity contribution is 0.590. The molecule has 2 aromatic carbocycles. The van der Waals surface area contributed by atoms with E-state index in [1.54, 1.807) is 47.0 Å². The zero-order chi connectivity index (χ0) is 21.0. The Kier molecular flexibility index (Phi) is 6.77. The van der Waals surface area contributed by atoms with E-state index in [4.69, 9.17) is 11.6 Å². The van der Waals surface area contributed by atoms with Crippen LogP contribution in [0.3, 0.4) is 0 Å². The average Bonchev–Trinajstić information content (AvgIpc) is 3.03. The minimum absolute atomic E-state index is 0.226. The number of hydrogen-bond acceptors (Lipinski definition) is 5. The van der Waals surface area contributed by atoms with Crippen molar-refractivity contribution in [2.24, 2.45) is 0 Å². The molecule has 0 aliphatic heterocycles. The molecule has 0 fully saturated rings. The molecule has 0 amide bonds. The monoisotopic (exact) mass is 451 g/mol. The molecule has 0 radical (unpaired) electrons. The van der Waals surface area contributed by atoms with E-state index >= 15 is 0 Å². The Labute approximate surface area is 178 Å². The third kappa shape index (κ3) is 5.07. The van der Waals surface area contributed by atoms with Crippen LogP contribution in [0.5, 0.6) is 0 Å². The number of benzene rings is 2. The molecule has 0 N–H and O–H groups in total. The SMILES string of the molecule is C=CCn1c(CS(=O)(=O)c2ccc(C)cc2)nnc1SCc1c(F)cccc1Cl. The second-order valence-electron chi connectivity index (χ2n) is 6.36. The first kappa shape index (κ1) is 21.5. The Morgan fingerprint density at radius 3 is 2.59 bits per heavy atom. The van der Waals surface area contributed by atoms with Crippen LogP contribution < -0.4 is 0 Å². The zero-order valence-corrected chi connectivity index (χ0v) is 18.1. The van der Waals surface area contributed by atoms with Crippen LogP contribution >= 0.6 is 23.4 Å². The standard InChI is InChI=1S/C20H19ClFN3O2S2/c1-3-11-25-19(13-29(26,27)15-9-7-14(2)8-10-15)23-24-20(25)28-12-16-17(21)5-4-6-18(16)22/h3-10H,1,11-13H2,2H3. The molecule has 3 aromatic rings. The predicted molar refractivity (Wildman–Crippen MR) is 113 cm³/mol. The fourth-order valence-electron chi connectivity index (χ4n) is 2.65. The van der Waals surface area contributed by atoms with E-state index in [0.29, 0.717) is 28.1 Å². The summed E-state index contributed by atoms with van der Waals surface area (Å²) in [5, 5.41) is 8.96. The van der Waals surface area contributed by atoms with Crippen LogP contribution in [0.15, 0.2) is 65.2 Å². The summed E-state index contributed by atoms with van der Waals surface area (Å²) in [6, 6.07) is 11.2. The van der Waals surface area contributed by atoms with Crippen LogP contribution in [-0.2, 0) is 27.9 Å². The molecule has 3 rings (SSSR count). The van der Waals surface area contributed by atoms with Crippen molar-refractivity contribution in [2.45, 2.75) is 35.0 Å². The van der Waals surface area contributed by atoms with Crippen LogP contribution in [0.25, 0.3) is 0 Å². The van der Waals surface area contributed by atoms with Crippen molar-refractivity contribution in [1.82, 2.24) is 14.8 Å². The Bertz CT molecular complexity index is 1110. The smallest absolute Gasteiger partial charge is 0.191 e. The van der Waals surface area contributed by atoms with Gasteiger partial charge in [-0.25, -0.2) is 12.8 Å². The topological polar surface area (TPSA) is 64.8 Å². The second kappa shape index (κ2) is 9.11. The number of nitrogens with zero attached hydrogens (tertiary/aromatic N) is 3. The van der Waals surface area contributed by atoms with Gasteiger partial charge >= 0.3 is 0 Å². The van der Waals surface area contributed by atoms with Gasteiger partial charge in [-0.05, 0) is 31.2 Å². The highest BCUT2D eigenvalue weighted by atomic mass is 35.5. The maximum absolute atomic E-state index is 14.0. The lowest BCUT2D eigenvalue weighted by atomic mass is 10.2. The van der Waals surface area contributed by atoms with Crippen molar-refractivity contribution >= 4 is 33.2 Å². The predicted octanol–water partition coefficient (Wildman–Crippen LogP) is 4.83. The summed E-state index contributed by atoms with van der Waals surface area (Å²) >= 11 is 7.31. The van der Waals surface area contributed by atoms with Gasteiger partial charge in [0.2, 0.25) is 0 Å². The number of halogens is 2. The lowest BCUT2D eigenvalue weighted by Crippen LogP contribution is -2.11. The third-order valence-electron chi connectivity index (χ3n) is 4.21. The summed E-state index contributed by atoms with van der Waals surface area (Å²) in [4.78, 5) is 0.226. The van der Waals surface area contributed by atoms with E-state index < -0.39 is 15.7 Å². The largest absolute Gasteiger partial charge is 0.301 e. The number of hydrogen-bond donors (Lipinski definition) is 0. The molecule has 0 aliphatic carbocycles. The van der Waals surface area contributed by atoms with Crippen molar-refractivity contribution in [3.05, 3.63) is 82.9 Å². The van der Waals surface area contributed by atoms with E-state index in [1.807, 2.05) is 6.92 Å². The molecular formula is C20H19ClFN3O2S2. The highest BCUT2D eigenvalue weighted by Crippen LogP contribution is 2.28. The highest BCUT2D eigenvalue weighted by Gasteiger charge is 2.21. The van der Waals surface area contributed by atoms with Gasteiger partial charge in [0.25, 0.3) is 0 Å². The summed E-state index contributed by atoms with van der Waals surface area (Å²) in [5.41, 5.74) is 1.34. The molecule has 0 aliphatic rings. The Morgan fingerprint density at radius 1 is 1.21 bits per heavy atom. The molecule has 9 heteroatoms. The molecule has 0 saturated carbocycles. The van der Waals surface area contributed by atoms with Crippen molar-refractivity contribution in [2.75, 3.05) is 0 Å². The van der Waals surface area contributed by atoms with Gasteiger partial charge in [-0.3, -0.25) is 0 Å². The molecule has 152 valence electrons. The van der Waals surface area contributed by atoms with Crippen LogP contribution in [0.1, 0.15) is 17.0 Å². The molecule has 0 spiro atoms. The molecule has 0 atom stereocenters. The van der Waals surface area contributed by atoms with E-state index in [2.05, 4.69) is 16.8 Å². The first-order valence-electron chi connectivity index (χ1n) is 8.70. The van der Waals surface area contributed by atoms with Crippen LogP contribution in [0, 0.1) is 12.7 Å². The van der Waals surface area contributed by atoms with Gasteiger partial charge in [-0.15, -0.1) is 16.8 Å². The van der Waals surface area contributed by atoms with E-state index in [0.717, 1.165) is 5.56 Å². The van der Waals surface area contributed by atoms with E-state index in [1.165, 1.54) is 17.8 Å². The quantitative estimate of drug-likeness (QED) is 0.362. The summed E-state index contributed by atoms with van der Waals surface area (Å²) in [7, 11) is -3.59. The molecule has 1 aromatic heterocycles. The molecule has 0 unspecified atom stereocenters. The van der Waals surface area contributed by atoms with Crippen molar-refractivity contribution in [3.8, 4) is 0 Å². The van der Waals surface area contributed by atoms with Gasteiger partial charge in [-0.1, -0.05) is 53.2 Å². The minimum Gasteiger partial charge on any atom is -0.301 e. The molecule has 0 saturated heterocycles. The molecule has 5 nitrogen and oxygen atoms in total. The molecule has 29 heavy (non-hydrogen) atoms. The van der Waals surface area contributed by atoms with Crippen molar-refractivity contribution < 1.29 is 12.8 Å². The van der Waals surface area contributed by atoms with Gasteiger partial charge in [0.05, 0.1) is 4.90 Å². The minimum atomic E-state index is -3.59.